The van der Waals surface area contributed by atoms with Crippen LogP contribution in [0.15, 0.2) is 53.4 Å². The number of methoxy groups -OCH3 is 1. The number of hydrogen-bond acceptors (Lipinski definition) is 4. The smallest absolute Gasteiger partial charge is 0.242 e. The zero-order valence-electron chi connectivity index (χ0n) is 13.6. The van der Waals surface area contributed by atoms with Crippen LogP contribution in [0.2, 0.25) is 0 Å². The van der Waals surface area contributed by atoms with E-state index in [2.05, 4.69) is 0 Å². The highest BCUT2D eigenvalue weighted by Gasteiger charge is 2.33. The minimum Gasteiger partial charge on any atom is -0.497 e. The predicted octanol–water partition coefficient (Wildman–Crippen LogP) is 2.45. The number of benzene rings is 2. The Hall–Kier alpha value is -2.34. The topological polar surface area (TPSA) is 63.7 Å². The first kappa shape index (κ1) is 16.5. The predicted molar refractivity (Wildman–Crippen MR) is 92.1 cm³/mol. The standard InChI is InChI=1S/C18H19NO4S/c1-13-11-14-5-3-4-6-17(14)19(13)18(20)12-24(21,22)16-9-7-15(23-2)8-10-16/h3-10,13H,11-12H2,1-2H3/t13-/m0/s1. The second kappa shape index (κ2) is 6.28. The quantitative estimate of drug-likeness (QED) is 0.854. The van der Waals surface area contributed by atoms with E-state index in [1.807, 2.05) is 31.2 Å². The molecule has 5 nitrogen and oxygen atoms in total. The van der Waals surface area contributed by atoms with E-state index in [0.29, 0.717) is 5.75 Å². The number of hydrogen-bond donors (Lipinski definition) is 0. The van der Waals surface area contributed by atoms with Crippen molar-refractivity contribution in [1.82, 2.24) is 0 Å². The maximum Gasteiger partial charge on any atom is 0.242 e. The number of anilines is 1. The average molecular weight is 345 g/mol. The van der Waals surface area contributed by atoms with Gasteiger partial charge in [0.25, 0.3) is 0 Å². The van der Waals surface area contributed by atoms with E-state index in [1.165, 1.54) is 19.2 Å². The van der Waals surface area contributed by atoms with Crippen molar-refractivity contribution < 1.29 is 17.9 Å². The fraction of sp³-hybridized carbons (Fsp3) is 0.278. The Morgan fingerprint density at radius 3 is 2.50 bits per heavy atom. The van der Waals surface area contributed by atoms with Gasteiger partial charge in [0.2, 0.25) is 5.91 Å². The summed E-state index contributed by atoms with van der Waals surface area (Å²) in [5, 5.41) is 0. The van der Waals surface area contributed by atoms with E-state index in [1.54, 1.807) is 17.0 Å². The lowest BCUT2D eigenvalue weighted by Gasteiger charge is -2.22. The summed E-state index contributed by atoms with van der Waals surface area (Å²) in [7, 11) is -2.18. The molecule has 1 amide bonds. The summed E-state index contributed by atoms with van der Waals surface area (Å²) in [4.78, 5) is 14.4. The van der Waals surface area contributed by atoms with Crippen LogP contribution in [0.25, 0.3) is 0 Å². The molecule has 0 radical (unpaired) electrons. The molecule has 6 heteroatoms. The minimum absolute atomic E-state index is 0.0408. The van der Waals surface area contributed by atoms with Crippen molar-refractivity contribution in [2.45, 2.75) is 24.3 Å². The van der Waals surface area contributed by atoms with Gasteiger partial charge >= 0.3 is 0 Å². The summed E-state index contributed by atoms with van der Waals surface area (Å²) in [6.07, 6.45) is 0.741. The van der Waals surface area contributed by atoms with Crippen LogP contribution in [0.4, 0.5) is 5.69 Å². The van der Waals surface area contributed by atoms with Crippen LogP contribution in [0.5, 0.6) is 5.75 Å². The van der Waals surface area contributed by atoms with Gasteiger partial charge in [0.15, 0.2) is 9.84 Å². The van der Waals surface area contributed by atoms with Crippen molar-refractivity contribution in [3.05, 3.63) is 54.1 Å². The first-order valence-corrected chi connectivity index (χ1v) is 9.34. The Bertz CT molecular complexity index is 859. The van der Waals surface area contributed by atoms with Gasteiger partial charge in [0.05, 0.1) is 12.0 Å². The first-order chi connectivity index (χ1) is 11.4. The molecule has 1 atom stereocenters. The van der Waals surface area contributed by atoms with Crippen LogP contribution in [0.1, 0.15) is 12.5 Å². The van der Waals surface area contributed by atoms with Gasteiger partial charge in [0.1, 0.15) is 11.5 Å². The molecule has 2 aromatic carbocycles. The largest absolute Gasteiger partial charge is 0.497 e. The molecule has 3 rings (SSSR count). The number of para-hydroxylation sites is 1. The third-order valence-corrected chi connectivity index (χ3v) is 5.83. The lowest BCUT2D eigenvalue weighted by atomic mass is 10.1. The van der Waals surface area contributed by atoms with Crippen molar-refractivity contribution in [2.24, 2.45) is 0 Å². The molecular formula is C18H19NO4S. The maximum absolute atomic E-state index is 12.7. The molecule has 0 aliphatic carbocycles. The molecule has 0 aromatic heterocycles. The summed E-state index contributed by atoms with van der Waals surface area (Å²) in [6, 6.07) is 13.6. The van der Waals surface area contributed by atoms with Crippen LogP contribution in [0.3, 0.4) is 0 Å². The zero-order chi connectivity index (χ0) is 17.3. The molecule has 0 saturated heterocycles. The summed E-state index contributed by atoms with van der Waals surface area (Å²) in [6.45, 7) is 1.93. The SMILES string of the molecule is COc1ccc(S(=O)(=O)CC(=O)N2c3ccccc3C[C@@H]2C)cc1. The molecule has 1 heterocycles. The highest BCUT2D eigenvalue weighted by molar-refractivity contribution is 7.92. The number of ether oxygens (including phenoxy) is 1. The molecule has 0 bridgehead atoms. The number of carbonyl (C=O) groups is 1. The Morgan fingerprint density at radius 1 is 1.17 bits per heavy atom. The number of carbonyl (C=O) groups excluding carboxylic acids is 1. The maximum atomic E-state index is 12.7. The molecule has 24 heavy (non-hydrogen) atoms. The number of amides is 1. The third kappa shape index (κ3) is 3.01. The van der Waals surface area contributed by atoms with Gasteiger partial charge in [-0.1, -0.05) is 18.2 Å². The van der Waals surface area contributed by atoms with E-state index in [-0.39, 0.29) is 10.9 Å². The van der Waals surface area contributed by atoms with Gasteiger partial charge in [0, 0.05) is 11.7 Å². The second-order valence-corrected chi connectivity index (χ2v) is 7.87. The lowest BCUT2D eigenvalue weighted by molar-refractivity contribution is -0.116. The highest BCUT2D eigenvalue weighted by atomic mass is 32.2. The van der Waals surface area contributed by atoms with Gasteiger partial charge in [-0.25, -0.2) is 8.42 Å². The molecule has 126 valence electrons. The Labute approximate surface area is 141 Å². The van der Waals surface area contributed by atoms with E-state index < -0.39 is 21.5 Å². The van der Waals surface area contributed by atoms with Crippen LogP contribution in [-0.2, 0) is 21.1 Å². The summed E-state index contributed by atoms with van der Waals surface area (Å²) in [5.41, 5.74) is 1.88. The summed E-state index contributed by atoms with van der Waals surface area (Å²) in [5.74, 6) is -0.372. The lowest BCUT2D eigenvalue weighted by Crippen LogP contribution is -2.39. The molecule has 1 aliphatic heterocycles. The van der Waals surface area contributed by atoms with Gasteiger partial charge in [-0.3, -0.25) is 4.79 Å². The van der Waals surface area contributed by atoms with Gasteiger partial charge in [-0.05, 0) is 49.2 Å². The molecule has 2 aromatic rings. The molecule has 0 N–H and O–H groups in total. The molecule has 1 aliphatic rings. The molecule has 0 saturated carbocycles. The fourth-order valence-corrected chi connectivity index (χ4v) is 4.23. The van der Waals surface area contributed by atoms with Crippen LogP contribution >= 0.6 is 0 Å². The molecular weight excluding hydrogens is 326 g/mol. The zero-order valence-corrected chi connectivity index (χ0v) is 14.4. The minimum atomic E-state index is -3.69. The van der Waals surface area contributed by atoms with Crippen LogP contribution < -0.4 is 9.64 Å². The normalized spacial score (nSPS) is 16.8. The Balaban J connectivity index is 1.83. The molecule has 0 spiro atoms. The number of nitrogens with zero attached hydrogens (tertiary/aromatic N) is 1. The van der Waals surface area contributed by atoms with E-state index >= 15 is 0 Å². The Morgan fingerprint density at radius 2 is 1.83 bits per heavy atom. The van der Waals surface area contributed by atoms with Crippen molar-refractivity contribution in [2.75, 3.05) is 17.8 Å². The van der Waals surface area contributed by atoms with Crippen LogP contribution in [-0.4, -0.2) is 33.2 Å². The summed E-state index contributed by atoms with van der Waals surface area (Å²) >= 11 is 0. The monoisotopic (exact) mass is 345 g/mol. The van der Waals surface area contributed by atoms with E-state index in [9.17, 15) is 13.2 Å². The van der Waals surface area contributed by atoms with Crippen LogP contribution in [0, 0.1) is 0 Å². The van der Waals surface area contributed by atoms with Gasteiger partial charge < -0.3 is 9.64 Å². The summed E-state index contributed by atoms with van der Waals surface area (Å²) < 4.78 is 30.1. The van der Waals surface area contributed by atoms with Gasteiger partial charge in [-0.2, -0.15) is 0 Å². The first-order valence-electron chi connectivity index (χ1n) is 7.69. The highest BCUT2D eigenvalue weighted by Crippen LogP contribution is 2.32. The number of rotatable bonds is 4. The van der Waals surface area contributed by atoms with E-state index in [0.717, 1.165) is 17.7 Å². The van der Waals surface area contributed by atoms with Crippen molar-refractivity contribution in [3.8, 4) is 5.75 Å². The van der Waals surface area contributed by atoms with Crippen molar-refractivity contribution in [1.29, 1.82) is 0 Å². The van der Waals surface area contributed by atoms with Crippen molar-refractivity contribution in [3.63, 3.8) is 0 Å². The van der Waals surface area contributed by atoms with Crippen molar-refractivity contribution >= 4 is 21.4 Å². The fourth-order valence-electron chi connectivity index (χ4n) is 3.04. The average Bonchev–Trinajstić information content (AvgIpc) is 2.90. The number of fused-ring (bicyclic) bond motifs is 1. The van der Waals surface area contributed by atoms with Gasteiger partial charge in [-0.15, -0.1) is 0 Å². The second-order valence-electron chi connectivity index (χ2n) is 5.88. The third-order valence-electron chi connectivity index (χ3n) is 4.21. The Kier molecular flexibility index (Phi) is 4.32. The molecule has 0 fully saturated rings. The van der Waals surface area contributed by atoms with E-state index in [4.69, 9.17) is 4.74 Å². The number of sulfone groups is 1. The molecule has 0 unspecified atom stereocenters.